The molecule has 10 heteroatoms. The number of thioether (sulfide) groups is 1. The second-order valence-corrected chi connectivity index (χ2v) is 8.93. The number of carbonyl (C=O) groups is 2. The highest BCUT2D eigenvalue weighted by atomic mass is 32.2. The van der Waals surface area contributed by atoms with Crippen LogP contribution in [0.25, 0.3) is 22.6 Å². The molecule has 0 saturated carbocycles. The van der Waals surface area contributed by atoms with Gasteiger partial charge in [-0.2, -0.15) is 0 Å². The normalized spacial score (nSPS) is 11.7. The zero-order chi connectivity index (χ0) is 25.7. The van der Waals surface area contributed by atoms with Gasteiger partial charge in [-0.3, -0.25) is 9.59 Å². The third kappa shape index (κ3) is 5.77. The lowest BCUT2D eigenvalue weighted by molar-refractivity contribution is -0.123. The van der Waals surface area contributed by atoms with E-state index in [4.69, 9.17) is 4.42 Å². The quantitative estimate of drug-likeness (QED) is 0.236. The van der Waals surface area contributed by atoms with Crippen molar-refractivity contribution in [2.45, 2.75) is 17.4 Å². The molecule has 1 aromatic heterocycles. The molecule has 3 aromatic carbocycles. The van der Waals surface area contributed by atoms with Gasteiger partial charge in [0.05, 0.1) is 17.5 Å². The van der Waals surface area contributed by atoms with Crippen LogP contribution in [0.1, 0.15) is 6.92 Å². The number of carbonyl (C=O) groups excluding carboxylic acids is 2. The first-order valence-electron chi connectivity index (χ1n) is 10.8. The molecule has 0 spiro atoms. The van der Waals surface area contributed by atoms with Crippen LogP contribution in [0.15, 0.2) is 82.4 Å². The summed E-state index contributed by atoms with van der Waals surface area (Å²) in [6, 6.07) is 20.5. The highest BCUT2D eigenvalue weighted by Crippen LogP contribution is 2.36. The smallest absolute Gasteiger partial charge is 0.257 e. The van der Waals surface area contributed by atoms with E-state index in [9.17, 15) is 22.8 Å². The second-order valence-electron chi connectivity index (χ2n) is 7.64. The molecule has 0 aliphatic carbocycles. The molecule has 0 aliphatic heterocycles. The maximum absolute atomic E-state index is 13.7. The Balaban J connectivity index is 1.42. The molecule has 1 atom stereocenters. The average Bonchev–Trinajstić information content (AvgIpc) is 3.32. The molecular weight excluding hydrogens is 491 g/mol. The van der Waals surface area contributed by atoms with Crippen molar-refractivity contribution in [3.05, 3.63) is 90.2 Å². The molecule has 0 unspecified atom stereocenters. The standard InChI is InChI=1S/C26H20F3N3O3S/c1-15(25(34)30-14-20(33)31-19-13-12-18(27)21(28)22(19)29)36-26-32-23(16-8-4-2-5-9-16)24(35-26)17-10-6-3-7-11-17/h2-13,15H,14H2,1H3,(H,30,34)(H,31,33)/t15-/m0/s1. The number of benzene rings is 3. The molecule has 4 aromatic rings. The number of hydrogen-bond donors (Lipinski definition) is 2. The molecule has 0 bridgehead atoms. The highest BCUT2D eigenvalue weighted by Gasteiger charge is 2.22. The Hall–Kier alpha value is -4.05. The van der Waals surface area contributed by atoms with Crippen molar-refractivity contribution in [2.24, 2.45) is 0 Å². The summed E-state index contributed by atoms with van der Waals surface area (Å²) in [5, 5.41) is 4.09. The third-order valence-corrected chi connectivity index (χ3v) is 6.01. The first kappa shape index (κ1) is 25.1. The molecule has 1 heterocycles. The lowest BCUT2D eigenvalue weighted by atomic mass is 10.1. The third-order valence-electron chi connectivity index (χ3n) is 5.07. The number of anilines is 1. The molecule has 0 radical (unpaired) electrons. The predicted molar refractivity (Wildman–Crippen MR) is 131 cm³/mol. The Labute approximate surface area is 208 Å². The van der Waals surface area contributed by atoms with Gasteiger partial charge in [-0.05, 0) is 19.1 Å². The van der Waals surface area contributed by atoms with Crippen LogP contribution in [0, 0.1) is 17.5 Å². The Kier molecular flexibility index (Phi) is 7.74. The first-order chi connectivity index (χ1) is 17.3. The van der Waals surface area contributed by atoms with Gasteiger partial charge in [0.1, 0.15) is 5.69 Å². The van der Waals surface area contributed by atoms with Crippen LogP contribution in [-0.4, -0.2) is 28.6 Å². The summed E-state index contributed by atoms with van der Waals surface area (Å²) >= 11 is 1.06. The van der Waals surface area contributed by atoms with Crippen molar-refractivity contribution in [1.82, 2.24) is 10.3 Å². The fourth-order valence-corrected chi connectivity index (χ4v) is 4.03. The van der Waals surface area contributed by atoms with E-state index in [1.165, 1.54) is 0 Å². The van der Waals surface area contributed by atoms with Crippen molar-refractivity contribution in [2.75, 3.05) is 11.9 Å². The van der Waals surface area contributed by atoms with Gasteiger partial charge in [0.15, 0.2) is 23.2 Å². The fraction of sp³-hybridized carbons (Fsp3) is 0.115. The number of oxazole rings is 1. The van der Waals surface area contributed by atoms with Gasteiger partial charge in [0.25, 0.3) is 5.22 Å². The monoisotopic (exact) mass is 511 g/mol. The van der Waals surface area contributed by atoms with Crippen LogP contribution < -0.4 is 10.6 Å². The Bertz CT molecular complexity index is 1320. The van der Waals surface area contributed by atoms with E-state index in [1.54, 1.807) is 6.92 Å². The molecule has 4 rings (SSSR count). The van der Waals surface area contributed by atoms with E-state index in [0.29, 0.717) is 17.5 Å². The summed E-state index contributed by atoms with van der Waals surface area (Å²) in [4.78, 5) is 29.2. The van der Waals surface area contributed by atoms with Gasteiger partial charge < -0.3 is 15.1 Å². The molecule has 0 aliphatic rings. The number of nitrogens with zero attached hydrogens (tertiary/aromatic N) is 1. The number of hydrogen-bond acceptors (Lipinski definition) is 5. The summed E-state index contributed by atoms with van der Waals surface area (Å²) in [5.41, 5.74) is 1.78. The summed E-state index contributed by atoms with van der Waals surface area (Å²) in [6.07, 6.45) is 0. The number of aromatic nitrogens is 1. The lowest BCUT2D eigenvalue weighted by Crippen LogP contribution is -2.37. The minimum atomic E-state index is -1.70. The van der Waals surface area contributed by atoms with E-state index in [1.807, 2.05) is 60.7 Å². The van der Waals surface area contributed by atoms with Crippen molar-refractivity contribution in [3.8, 4) is 22.6 Å². The predicted octanol–water partition coefficient (Wildman–Crippen LogP) is 5.66. The number of rotatable bonds is 8. The largest absolute Gasteiger partial charge is 0.431 e. The maximum atomic E-state index is 13.7. The van der Waals surface area contributed by atoms with Crippen LogP contribution in [0.2, 0.25) is 0 Å². The van der Waals surface area contributed by atoms with Crippen molar-refractivity contribution in [3.63, 3.8) is 0 Å². The van der Waals surface area contributed by atoms with Gasteiger partial charge in [0, 0.05) is 11.1 Å². The Morgan fingerprint density at radius 2 is 1.56 bits per heavy atom. The van der Waals surface area contributed by atoms with Gasteiger partial charge in [-0.1, -0.05) is 72.4 Å². The molecule has 2 N–H and O–H groups in total. The van der Waals surface area contributed by atoms with E-state index in [2.05, 4.69) is 15.6 Å². The van der Waals surface area contributed by atoms with E-state index < -0.39 is 46.7 Å². The van der Waals surface area contributed by atoms with Gasteiger partial charge >= 0.3 is 0 Å². The van der Waals surface area contributed by atoms with Crippen molar-refractivity contribution in [1.29, 1.82) is 0 Å². The molecule has 6 nitrogen and oxygen atoms in total. The van der Waals surface area contributed by atoms with Gasteiger partial charge in [-0.25, -0.2) is 18.2 Å². The maximum Gasteiger partial charge on any atom is 0.257 e. The van der Waals surface area contributed by atoms with Crippen LogP contribution in [0.4, 0.5) is 18.9 Å². The molecular formula is C26H20F3N3O3S. The first-order valence-corrected chi connectivity index (χ1v) is 11.7. The topological polar surface area (TPSA) is 84.2 Å². The fourth-order valence-electron chi connectivity index (χ4n) is 3.26. The molecule has 36 heavy (non-hydrogen) atoms. The van der Waals surface area contributed by atoms with Crippen LogP contribution in [0.3, 0.4) is 0 Å². The van der Waals surface area contributed by atoms with Crippen molar-refractivity contribution >= 4 is 29.3 Å². The van der Waals surface area contributed by atoms with E-state index in [0.717, 1.165) is 29.0 Å². The number of nitrogens with one attached hydrogen (secondary N) is 2. The highest BCUT2D eigenvalue weighted by molar-refractivity contribution is 8.00. The van der Waals surface area contributed by atoms with E-state index >= 15 is 0 Å². The van der Waals surface area contributed by atoms with E-state index in [-0.39, 0.29) is 5.22 Å². The van der Waals surface area contributed by atoms with Crippen LogP contribution >= 0.6 is 11.8 Å². The van der Waals surface area contributed by atoms with Crippen molar-refractivity contribution < 1.29 is 27.2 Å². The lowest BCUT2D eigenvalue weighted by Gasteiger charge is -2.11. The summed E-state index contributed by atoms with van der Waals surface area (Å²) in [6.45, 7) is 1.11. The summed E-state index contributed by atoms with van der Waals surface area (Å²) < 4.78 is 46.1. The summed E-state index contributed by atoms with van der Waals surface area (Å²) in [7, 11) is 0. The van der Waals surface area contributed by atoms with Gasteiger partial charge in [0.2, 0.25) is 11.8 Å². The minimum absolute atomic E-state index is 0.267. The minimum Gasteiger partial charge on any atom is -0.431 e. The molecule has 2 amide bonds. The van der Waals surface area contributed by atoms with Crippen LogP contribution in [-0.2, 0) is 9.59 Å². The number of halogens is 3. The average molecular weight is 512 g/mol. The Morgan fingerprint density at radius 3 is 2.22 bits per heavy atom. The molecule has 184 valence electrons. The van der Waals surface area contributed by atoms with Gasteiger partial charge in [-0.15, -0.1) is 0 Å². The Morgan fingerprint density at radius 1 is 0.917 bits per heavy atom. The molecule has 0 fully saturated rings. The number of amides is 2. The zero-order valence-corrected chi connectivity index (χ0v) is 19.7. The molecule has 0 saturated heterocycles. The SMILES string of the molecule is C[C@H](Sc1nc(-c2ccccc2)c(-c2ccccc2)o1)C(=O)NCC(=O)Nc1ccc(F)c(F)c1F. The summed E-state index contributed by atoms with van der Waals surface area (Å²) in [5.74, 6) is -5.34. The van der Waals surface area contributed by atoms with Crippen LogP contribution in [0.5, 0.6) is 0 Å². The zero-order valence-electron chi connectivity index (χ0n) is 18.9. The second kappa shape index (κ2) is 11.1.